The highest BCUT2D eigenvalue weighted by Gasteiger charge is 2.21. The number of nitrogens with zero attached hydrogens (tertiary/aromatic N) is 2. The monoisotopic (exact) mass is 750 g/mol. The van der Waals surface area contributed by atoms with E-state index in [9.17, 15) is 27.4 Å². The Morgan fingerprint density at radius 2 is 1.38 bits per heavy atom. The Labute approximate surface area is 309 Å². The first kappa shape index (κ1) is 38.5. The number of amides is 3. The van der Waals surface area contributed by atoms with Gasteiger partial charge in [-0.3, -0.25) is 24.4 Å². The van der Waals surface area contributed by atoms with Crippen LogP contribution in [0.15, 0.2) is 138 Å². The summed E-state index contributed by atoms with van der Waals surface area (Å²) in [5.41, 5.74) is 3.58. The van der Waals surface area contributed by atoms with Crippen molar-refractivity contribution >= 4 is 63.7 Å². The molecular formula is C39H39N6O6PS. The molecule has 1 unspecified atom stereocenters. The van der Waals surface area contributed by atoms with Crippen LogP contribution in [0, 0.1) is 0 Å². The molecule has 1 atom stereocenters. The van der Waals surface area contributed by atoms with Crippen LogP contribution in [-0.2, 0) is 14.9 Å². The summed E-state index contributed by atoms with van der Waals surface area (Å²) in [6, 6.07) is 36.4. The van der Waals surface area contributed by atoms with Crippen LogP contribution >= 0.6 is 7.92 Å². The molecule has 5 aromatic rings. The van der Waals surface area contributed by atoms with Gasteiger partial charge in [-0.25, -0.2) is 4.98 Å². The zero-order valence-electron chi connectivity index (χ0n) is 28.8. The van der Waals surface area contributed by atoms with Gasteiger partial charge in [0, 0.05) is 30.9 Å². The van der Waals surface area contributed by atoms with Crippen molar-refractivity contribution in [2.24, 2.45) is 5.10 Å². The normalized spacial score (nSPS) is 11.9. The first-order chi connectivity index (χ1) is 25.6. The second kappa shape index (κ2) is 18.7. The molecule has 5 rings (SSSR count). The molecule has 12 nitrogen and oxygen atoms in total. The van der Waals surface area contributed by atoms with E-state index in [1.54, 1.807) is 6.07 Å². The average Bonchev–Trinajstić information content (AvgIpc) is 3.18. The molecule has 0 aliphatic rings. The molecule has 53 heavy (non-hydrogen) atoms. The summed E-state index contributed by atoms with van der Waals surface area (Å²) in [6.07, 6.45) is 4.04. The van der Waals surface area contributed by atoms with E-state index >= 15 is 0 Å². The summed E-state index contributed by atoms with van der Waals surface area (Å²) < 4.78 is 32.5. The molecule has 4 aromatic carbocycles. The number of anilines is 1. The summed E-state index contributed by atoms with van der Waals surface area (Å²) in [5, 5.41) is 15.8. The number of carbonyl (C=O) groups excluding carboxylic acids is 3. The molecule has 0 aliphatic heterocycles. The number of hydrogen-bond acceptors (Lipinski definition) is 8. The number of likely N-dealkylation sites (N-methyl/N-ethyl adjacent to an activating group) is 1. The van der Waals surface area contributed by atoms with E-state index in [0.717, 1.165) is 5.30 Å². The fourth-order valence-electron chi connectivity index (χ4n) is 5.41. The Morgan fingerprint density at radius 1 is 0.774 bits per heavy atom. The van der Waals surface area contributed by atoms with Crippen molar-refractivity contribution in [3.8, 4) is 0 Å². The summed E-state index contributed by atoms with van der Waals surface area (Å²) in [5.74, 6) is -0.759. The molecule has 0 saturated carbocycles. The first-order valence-corrected chi connectivity index (χ1v) is 19.5. The maximum Gasteiger partial charge on any atom is 0.295 e. The van der Waals surface area contributed by atoms with Crippen molar-refractivity contribution in [3.05, 3.63) is 144 Å². The number of benzene rings is 4. The molecule has 1 heterocycles. The lowest BCUT2D eigenvalue weighted by Gasteiger charge is -2.19. The van der Waals surface area contributed by atoms with Gasteiger partial charge in [0.25, 0.3) is 21.9 Å². The van der Waals surface area contributed by atoms with Gasteiger partial charge in [-0.05, 0) is 73.4 Å². The number of carbonyl (C=O) groups is 3. The molecule has 0 radical (unpaired) electrons. The topological polar surface area (TPSA) is 179 Å². The molecule has 0 aliphatic carbocycles. The third kappa shape index (κ3) is 10.9. The number of nitrogens with one attached hydrogen (secondary N) is 4. The first-order valence-electron chi connectivity index (χ1n) is 16.8. The van der Waals surface area contributed by atoms with Crippen molar-refractivity contribution in [2.45, 2.75) is 30.2 Å². The van der Waals surface area contributed by atoms with Crippen molar-refractivity contribution in [2.75, 3.05) is 19.0 Å². The van der Waals surface area contributed by atoms with Gasteiger partial charge in [0.15, 0.2) is 0 Å². The lowest BCUT2D eigenvalue weighted by Crippen LogP contribution is -2.45. The summed E-state index contributed by atoms with van der Waals surface area (Å²) in [6.45, 7) is 0.401. The molecule has 0 saturated heterocycles. The number of unbranched alkanes of at least 4 members (excludes halogenated alkanes) is 1. The van der Waals surface area contributed by atoms with E-state index in [2.05, 4.69) is 55.7 Å². The van der Waals surface area contributed by atoms with Crippen LogP contribution in [0.5, 0.6) is 0 Å². The van der Waals surface area contributed by atoms with E-state index in [4.69, 9.17) is 0 Å². The van der Waals surface area contributed by atoms with Crippen LogP contribution < -0.4 is 37.3 Å². The summed E-state index contributed by atoms with van der Waals surface area (Å²) in [4.78, 5) is 42.3. The fourth-order valence-corrected chi connectivity index (χ4v) is 8.36. The highest BCUT2D eigenvalue weighted by molar-refractivity contribution is 7.86. The van der Waals surface area contributed by atoms with Gasteiger partial charge in [-0.1, -0.05) is 91.0 Å². The number of hydrogen-bond donors (Lipinski definition) is 5. The van der Waals surface area contributed by atoms with E-state index in [1.165, 1.54) is 60.4 Å². The van der Waals surface area contributed by atoms with Crippen molar-refractivity contribution in [1.82, 2.24) is 20.9 Å². The predicted octanol–water partition coefficient (Wildman–Crippen LogP) is 3.98. The average molecular weight is 751 g/mol. The van der Waals surface area contributed by atoms with Crippen LogP contribution in [-0.4, -0.2) is 61.5 Å². The van der Waals surface area contributed by atoms with Gasteiger partial charge in [-0.2, -0.15) is 13.5 Å². The van der Waals surface area contributed by atoms with Crippen LogP contribution in [0.25, 0.3) is 0 Å². The van der Waals surface area contributed by atoms with E-state index in [0.29, 0.717) is 31.4 Å². The van der Waals surface area contributed by atoms with Crippen LogP contribution in [0.4, 0.5) is 5.82 Å². The lowest BCUT2D eigenvalue weighted by atomic mass is 10.1. The second-order valence-corrected chi connectivity index (χ2v) is 15.4. The molecule has 1 aromatic heterocycles. The van der Waals surface area contributed by atoms with Crippen molar-refractivity contribution in [1.29, 1.82) is 0 Å². The molecule has 3 amide bonds. The lowest BCUT2D eigenvalue weighted by molar-refractivity contribution is -0.122. The Hall–Kier alpha value is -5.75. The van der Waals surface area contributed by atoms with E-state index < -0.39 is 30.0 Å². The standard InChI is InChI=1S/C39H39N6O6PS/c1-40-39(48)34(44-38(47)30-21-24-36(42-26-30)45-43-27-29-12-8-9-18-35(29)53(49,50)51)17-10-11-25-41-37(46)28-19-22-33(23-20-28)52(31-13-4-2-5-14-31)32-15-6-3-7-16-32/h2-9,12-16,18-24,26-27,34H,10-11,17,25H2,1H3,(H,40,48)(H,41,46)(H,42,45)(H,44,47)(H,49,50,51). The minimum atomic E-state index is -4.43. The summed E-state index contributed by atoms with van der Waals surface area (Å²) in [7, 11) is -3.70. The second-order valence-electron chi connectivity index (χ2n) is 11.8. The maximum atomic E-state index is 13.0. The predicted molar refractivity (Wildman–Crippen MR) is 208 cm³/mol. The van der Waals surface area contributed by atoms with E-state index in [1.807, 2.05) is 60.7 Å². The van der Waals surface area contributed by atoms with E-state index in [-0.39, 0.29) is 33.7 Å². The Bertz CT molecular complexity index is 2100. The van der Waals surface area contributed by atoms with Crippen molar-refractivity contribution in [3.63, 3.8) is 0 Å². The molecule has 5 N–H and O–H groups in total. The van der Waals surface area contributed by atoms with Crippen molar-refractivity contribution < 1.29 is 27.4 Å². The zero-order chi connectivity index (χ0) is 37.6. The number of hydrazone groups is 1. The number of aromatic nitrogens is 1. The van der Waals surface area contributed by atoms with Crippen LogP contribution in [0.1, 0.15) is 45.5 Å². The van der Waals surface area contributed by atoms with Crippen LogP contribution in [0.2, 0.25) is 0 Å². The molecule has 272 valence electrons. The Balaban J connectivity index is 1.09. The fraction of sp³-hybridized carbons (Fsp3) is 0.154. The molecule has 0 spiro atoms. The van der Waals surface area contributed by atoms with Gasteiger partial charge in [0.05, 0.1) is 11.8 Å². The third-order valence-corrected chi connectivity index (χ3v) is 11.5. The molecule has 0 bridgehead atoms. The highest BCUT2D eigenvalue weighted by atomic mass is 32.2. The number of pyridine rings is 1. The van der Waals surface area contributed by atoms with Gasteiger partial charge in [0.1, 0.15) is 16.8 Å². The molecule has 14 heteroatoms. The van der Waals surface area contributed by atoms with Gasteiger partial charge in [-0.15, -0.1) is 0 Å². The quantitative estimate of drug-likeness (QED) is 0.0331. The minimum absolute atomic E-state index is 0.170. The van der Waals surface area contributed by atoms with Gasteiger partial charge < -0.3 is 16.0 Å². The Kier molecular flexibility index (Phi) is 13.5. The SMILES string of the molecule is CNC(=O)C(CCCCNC(=O)c1ccc(P(c2ccccc2)c2ccccc2)cc1)NC(=O)c1ccc(NN=Cc2ccccc2S(=O)(=O)O)nc1. The summed E-state index contributed by atoms with van der Waals surface area (Å²) >= 11 is 0. The minimum Gasteiger partial charge on any atom is -0.357 e. The number of rotatable bonds is 16. The zero-order valence-corrected chi connectivity index (χ0v) is 30.6. The highest BCUT2D eigenvalue weighted by Crippen LogP contribution is 2.32. The maximum absolute atomic E-state index is 13.0. The van der Waals surface area contributed by atoms with Gasteiger partial charge in [0.2, 0.25) is 5.91 Å². The molecule has 0 fully saturated rings. The molecular weight excluding hydrogens is 712 g/mol. The van der Waals surface area contributed by atoms with Gasteiger partial charge >= 0.3 is 0 Å². The Morgan fingerprint density at radius 3 is 1.98 bits per heavy atom. The van der Waals surface area contributed by atoms with Crippen LogP contribution in [0.3, 0.4) is 0 Å². The third-order valence-electron chi connectivity index (χ3n) is 8.10. The largest absolute Gasteiger partial charge is 0.357 e. The smallest absolute Gasteiger partial charge is 0.295 e.